The summed E-state index contributed by atoms with van der Waals surface area (Å²) in [5.41, 5.74) is 0.972. The fourth-order valence-corrected chi connectivity index (χ4v) is 5.96. The Kier molecular flexibility index (Phi) is 10.9. The van der Waals surface area contributed by atoms with Gasteiger partial charge in [0.25, 0.3) is 0 Å². The summed E-state index contributed by atoms with van der Waals surface area (Å²) in [5.74, 6) is 0.903. The second-order valence-corrected chi connectivity index (χ2v) is 11.0. The molecule has 0 saturated heterocycles. The lowest BCUT2D eigenvalue weighted by atomic mass is 10.1. The molecular formula is C27H39NOS2. The molecule has 0 N–H and O–H groups in total. The van der Waals surface area contributed by atoms with Gasteiger partial charge in [0.15, 0.2) is 5.76 Å². The van der Waals surface area contributed by atoms with Crippen LogP contribution in [0.5, 0.6) is 0 Å². The maximum atomic E-state index is 5.70. The van der Waals surface area contributed by atoms with Crippen molar-refractivity contribution in [1.82, 2.24) is 5.16 Å². The van der Waals surface area contributed by atoms with Crippen molar-refractivity contribution in [2.45, 2.75) is 104 Å². The fraction of sp³-hybridized carbons (Fsp3) is 0.593. The van der Waals surface area contributed by atoms with Gasteiger partial charge in [-0.2, -0.15) is 0 Å². The SMILES string of the molecule is CCCCCCCCCc1ccc(-c2cc(-c3ccc(CCCCCCC)s3)no2)s1. The Morgan fingerprint density at radius 3 is 1.77 bits per heavy atom. The van der Waals surface area contributed by atoms with Crippen molar-refractivity contribution in [1.29, 1.82) is 0 Å². The lowest BCUT2D eigenvalue weighted by Crippen LogP contribution is -1.82. The molecule has 31 heavy (non-hydrogen) atoms. The number of unbranched alkanes of at least 4 members (excludes halogenated alkanes) is 10. The van der Waals surface area contributed by atoms with Gasteiger partial charge in [-0.05, 0) is 49.9 Å². The van der Waals surface area contributed by atoms with Gasteiger partial charge in [-0.1, -0.05) is 83.2 Å². The Labute approximate surface area is 197 Å². The molecule has 170 valence electrons. The van der Waals surface area contributed by atoms with Crippen LogP contribution in [0.4, 0.5) is 0 Å². The summed E-state index contributed by atoms with van der Waals surface area (Å²) in [6, 6.07) is 11.0. The van der Waals surface area contributed by atoms with E-state index in [-0.39, 0.29) is 0 Å². The average molecular weight is 458 g/mol. The zero-order chi connectivity index (χ0) is 21.7. The summed E-state index contributed by atoms with van der Waals surface area (Å²) >= 11 is 3.72. The molecule has 0 aliphatic rings. The minimum absolute atomic E-state index is 0.903. The number of hydrogen-bond donors (Lipinski definition) is 0. The second-order valence-electron chi connectivity index (χ2n) is 8.64. The molecule has 2 nitrogen and oxygen atoms in total. The Morgan fingerprint density at radius 2 is 1.16 bits per heavy atom. The van der Waals surface area contributed by atoms with Gasteiger partial charge >= 0.3 is 0 Å². The van der Waals surface area contributed by atoms with Crippen LogP contribution in [0.3, 0.4) is 0 Å². The van der Waals surface area contributed by atoms with Gasteiger partial charge in [-0.15, -0.1) is 22.7 Å². The molecule has 0 unspecified atom stereocenters. The zero-order valence-electron chi connectivity index (χ0n) is 19.5. The van der Waals surface area contributed by atoms with Crippen molar-refractivity contribution in [3.05, 3.63) is 40.1 Å². The molecule has 4 heteroatoms. The monoisotopic (exact) mass is 457 g/mol. The van der Waals surface area contributed by atoms with Crippen molar-refractivity contribution in [3.63, 3.8) is 0 Å². The molecular weight excluding hydrogens is 418 g/mol. The third-order valence-electron chi connectivity index (χ3n) is 5.88. The minimum Gasteiger partial charge on any atom is -0.355 e. The lowest BCUT2D eigenvalue weighted by molar-refractivity contribution is 0.436. The molecule has 0 aromatic carbocycles. The summed E-state index contributed by atoms with van der Waals surface area (Å²) in [7, 11) is 0. The number of aromatic nitrogens is 1. The van der Waals surface area contributed by atoms with E-state index in [9.17, 15) is 0 Å². The van der Waals surface area contributed by atoms with E-state index in [0.717, 1.165) is 11.5 Å². The van der Waals surface area contributed by atoms with E-state index in [1.165, 1.54) is 109 Å². The minimum atomic E-state index is 0.903. The van der Waals surface area contributed by atoms with Crippen LogP contribution in [0.1, 0.15) is 101 Å². The molecule has 0 aliphatic carbocycles. The first-order valence-electron chi connectivity index (χ1n) is 12.4. The Hall–Kier alpha value is -1.39. The van der Waals surface area contributed by atoms with Gasteiger partial charge in [-0.3, -0.25) is 0 Å². The second kappa shape index (κ2) is 13.9. The molecule has 3 rings (SSSR count). The zero-order valence-corrected chi connectivity index (χ0v) is 21.1. The fourth-order valence-electron chi connectivity index (χ4n) is 3.96. The highest BCUT2D eigenvalue weighted by atomic mass is 32.1. The quantitative estimate of drug-likeness (QED) is 0.200. The molecule has 0 fully saturated rings. The summed E-state index contributed by atoms with van der Waals surface area (Å²) in [5, 5.41) is 4.36. The first-order valence-corrected chi connectivity index (χ1v) is 14.1. The standard InChI is InChI=1S/C27H39NOS2/c1-3-5-7-9-10-12-14-16-23-18-20-27(31-23)25-21-24(28-29-25)26-19-17-22(30-26)15-13-11-8-6-4-2/h17-21H,3-16H2,1-2H3. The van der Waals surface area contributed by atoms with Crippen LogP contribution in [-0.4, -0.2) is 5.16 Å². The normalized spacial score (nSPS) is 11.4. The topological polar surface area (TPSA) is 26.0 Å². The molecule has 0 bridgehead atoms. The van der Waals surface area contributed by atoms with Crippen molar-refractivity contribution >= 4 is 22.7 Å². The highest BCUT2D eigenvalue weighted by Crippen LogP contribution is 2.34. The largest absolute Gasteiger partial charge is 0.355 e. The van der Waals surface area contributed by atoms with Gasteiger partial charge in [0, 0.05) is 15.8 Å². The van der Waals surface area contributed by atoms with Gasteiger partial charge in [-0.25, -0.2) is 0 Å². The summed E-state index contributed by atoms with van der Waals surface area (Å²) in [4.78, 5) is 5.34. The molecule has 0 atom stereocenters. The summed E-state index contributed by atoms with van der Waals surface area (Å²) < 4.78 is 5.70. The predicted molar refractivity (Wildman–Crippen MR) is 137 cm³/mol. The Bertz CT molecular complexity index is 860. The molecule has 3 aromatic rings. The highest BCUT2D eigenvalue weighted by molar-refractivity contribution is 7.15. The smallest absolute Gasteiger partial charge is 0.177 e. The molecule has 0 saturated carbocycles. The number of aryl methyl sites for hydroxylation is 2. The highest BCUT2D eigenvalue weighted by Gasteiger charge is 2.13. The molecule has 0 aliphatic heterocycles. The van der Waals surface area contributed by atoms with Crippen molar-refractivity contribution in [3.8, 4) is 21.2 Å². The van der Waals surface area contributed by atoms with E-state index >= 15 is 0 Å². The molecule has 0 spiro atoms. The number of thiophene rings is 2. The van der Waals surface area contributed by atoms with Crippen LogP contribution in [0.15, 0.2) is 34.9 Å². The van der Waals surface area contributed by atoms with Gasteiger partial charge in [0.1, 0.15) is 5.69 Å². The molecule has 3 heterocycles. The van der Waals surface area contributed by atoms with Gasteiger partial charge < -0.3 is 4.52 Å². The third-order valence-corrected chi connectivity index (χ3v) is 8.21. The number of nitrogens with zero attached hydrogens (tertiary/aromatic N) is 1. The van der Waals surface area contributed by atoms with Gasteiger partial charge in [0.05, 0.1) is 9.75 Å². The lowest BCUT2D eigenvalue weighted by Gasteiger charge is -2.00. The molecule has 3 aromatic heterocycles. The van der Waals surface area contributed by atoms with Gasteiger partial charge in [0.2, 0.25) is 0 Å². The number of hydrogen-bond acceptors (Lipinski definition) is 4. The number of rotatable bonds is 16. The van der Waals surface area contributed by atoms with Crippen LogP contribution in [-0.2, 0) is 12.8 Å². The first kappa shape index (κ1) is 24.3. The third kappa shape index (κ3) is 8.23. The predicted octanol–water partition coefficient (Wildman–Crippen LogP) is 9.94. The maximum absolute atomic E-state index is 5.70. The van der Waals surface area contributed by atoms with E-state index in [1.807, 2.05) is 22.7 Å². The Morgan fingerprint density at radius 1 is 0.645 bits per heavy atom. The maximum Gasteiger partial charge on any atom is 0.177 e. The van der Waals surface area contributed by atoms with Crippen molar-refractivity contribution in [2.24, 2.45) is 0 Å². The van der Waals surface area contributed by atoms with E-state index in [4.69, 9.17) is 4.52 Å². The molecule has 0 radical (unpaired) electrons. The van der Waals surface area contributed by atoms with Crippen LogP contribution in [0, 0.1) is 0 Å². The molecule has 0 amide bonds. The van der Waals surface area contributed by atoms with Crippen LogP contribution in [0.2, 0.25) is 0 Å². The summed E-state index contributed by atoms with van der Waals surface area (Å²) in [6.07, 6.45) is 18.6. The van der Waals surface area contributed by atoms with E-state index < -0.39 is 0 Å². The van der Waals surface area contributed by atoms with Crippen LogP contribution < -0.4 is 0 Å². The van der Waals surface area contributed by atoms with E-state index in [2.05, 4.69) is 49.3 Å². The van der Waals surface area contributed by atoms with Crippen molar-refractivity contribution in [2.75, 3.05) is 0 Å². The summed E-state index contributed by atoms with van der Waals surface area (Å²) in [6.45, 7) is 4.55. The van der Waals surface area contributed by atoms with Crippen LogP contribution in [0.25, 0.3) is 21.2 Å². The van der Waals surface area contributed by atoms with Crippen molar-refractivity contribution < 1.29 is 4.52 Å². The Balaban J connectivity index is 1.44. The average Bonchev–Trinajstić information content (AvgIpc) is 3.53. The van der Waals surface area contributed by atoms with E-state index in [1.54, 1.807) is 0 Å². The van der Waals surface area contributed by atoms with E-state index in [0.29, 0.717) is 0 Å². The first-order chi connectivity index (χ1) is 15.3. The van der Waals surface area contributed by atoms with Crippen LogP contribution >= 0.6 is 22.7 Å².